The Kier molecular flexibility index (Phi) is 2.74. The predicted octanol–water partition coefficient (Wildman–Crippen LogP) is 2.81. The molecule has 82 valence electrons. The fourth-order valence-corrected chi connectivity index (χ4v) is 2.39. The smallest absolute Gasteiger partial charge is 0.129 e. The van der Waals surface area contributed by atoms with Crippen LogP contribution in [0.5, 0.6) is 0 Å². The van der Waals surface area contributed by atoms with Gasteiger partial charge in [0.15, 0.2) is 0 Å². The molecular weight excluding hydrogens is 196 g/mol. The molecule has 1 N–H and O–H groups in total. The highest BCUT2D eigenvalue weighted by molar-refractivity contribution is 5.37. The maximum absolute atomic E-state index is 13.5. The molecule has 0 aliphatic heterocycles. The lowest BCUT2D eigenvalue weighted by atomic mass is 10.0. The lowest BCUT2D eigenvalue weighted by Crippen LogP contribution is -2.23. The van der Waals surface area contributed by atoms with Crippen LogP contribution in [-0.4, -0.2) is 6.54 Å². The lowest BCUT2D eigenvalue weighted by Gasteiger charge is -2.17. The van der Waals surface area contributed by atoms with Crippen LogP contribution in [0.2, 0.25) is 0 Å². The molecule has 0 saturated carbocycles. The Balaban J connectivity index is 2.43. The van der Waals surface area contributed by atoms with E-state index in [0.717, 1.165) is 18.2 Å². The van der Waals surface area contributed by atoms with Gasteiger partial charge in [0.2, 0.25) is 0 Å². The molecule has 1 aromatic rings. The van der Waals surface area contributed by atoms with Gasteiger partial charge >= 0.3 is 0 Å². The number of rotatable bonds is 2. The molecule has 0 aromatic heterocycles. The topological polar surface area (TPSA) is 12.0 Å². The van der Waals surface area contributed by atoms with Gasteiger partial charge in [0.1, 0.15) is 11.6 Å². The van der Waals surface area contributed by atoms with Crippen LogP contribution in [0.15, 0.2) is 12.1 Å². The third kappa shape index (κ3) is 1.76. The average molecular weight is 211 g/mol. The number of halogens is 2. The summed E-state index contributed by atoms with van der Waals surface area (Å²) < 4.78 is 26.6. The van der Waals surface area contributed by atoms with E-state index in [1.165, 1.54) is 6.07 Å². The lowest BCUT2D eigenvalue weighted by molar-refractivity contribution is 0.424. The van der Waals surface area contributed by atoms with Gasteiger partial charge < -0.3 is 5.32 Å². The van der Waals surface area contributed by atoms with E-state index in [-0.39, 0.29) is 6.04 Å². The second-order valence-corrected chi connectivity index (χ2v) is 4.17. The molecule has 2 unspecified atom stereocenters. The Morgan fingerprint density at radius 2 is 2.13 bits per heavy atom. The van der Waals surface area contributed by atoms with Crippen LogP contribution in [0.3, 0.4) is 0 Å². The minimum atomic E-state index is -0.483. The Bertz CT molecular complexity index is 376. The van der Waals surface area contributed by atoms with Crippen LogP contribution in [-0.2, 0) is 6.42 Å². The summed E-state index contributed by atoms with van der Waals surface area (Å²) >= 11 is 0. The molecule has 0 saturated heterocycles. The van der Waals surface area contributed by atoms with E-state index in [9.17, 15) is 8.78 Å². The van der Waals surface area contributed by atoms with E-state index in [4.69, 9.17) is 0 Å². The second-order valence-electron chi connectivity index (χ2n) is 4.17. The monoisotopic (exact) mass is 211 g/mol. The molecule has 1 aliphatic rings. The zero-order chi connectivity index (χ0) is 11.0. The maximum atomic E-state index is 13.5. The fraction of sp³-hybridized carbons (Fsp3) is 0.500. The highest BCUT2D eigenvalue weighted by Gasteiger charge is 2.31. The molecule has 0 spiro atoms. The molecule has 0 amide bonds. The zero-order valence-corrected chi connectivity index (χ0v) is 8.98. The Morgan fingerprint density at radius 3 is 2.80 bits per heavy atom. The second kappa shape index (κ2) is 3.89. The largest absolute Gasteiger partial charge is 0.310 e. The molecular formula is C12H15F2N. The third-order valence-electron chi connectivity index (χ3n) is 3.05. The first-order valence-electron chi connectivity index (χ1n) is 5.34. The van der Waals surface area contributed by atoms with Crippen molar-refractivity contribution in [1.29, 1.82) is 0 Å². The molecule has 0 heterocycles. The molecule has 0 bridgehead atoms. The highest BCUT2D eigenvalue weighted by atomic mass is 19.1. The Hall–Kier alpha value is -0.960. The summed E-state index contributed by atoms with van der Waals surface area (Å²) in [7, 11) is 0. The molecule has 0 fully saturated rings. The van der Waals surface area contributed by atoms with E-state index in [0.29, 0.717) is 17.9 Å². The summed E-state index contributed by atoms with van der Waals surface area (Å²) in [6.45, 7) is 4.87. The van der Waals surface area contributed by atoms with E-state index in [2.05, 4.69) is 12.2 Å². The summed E-state index contributed by atoms with van der Waals surface area (Å²) in [5.41, 5.74) is 1.47. The first-order valence-corrected chi connectivity index (χ1v) is 5.34. The van der Waals surface area contributed by atoms with Crippen molar-refractivity contribution in [3.63, 3.8) is 0 Å². The molecule has 2 rings (SSSR count). The minimum absolute atomic E-state index is 0.0928. The molecule has 1 nitrogen and oxygen atoms in total. The van der Waals surface area contributed by atoms with Gasteiger partial charge in [-0.2, -0.15) is 0 Å². The van der Waals surface area contributed by atoms with Crippen molar-refractivity contribution >= 4 is 0 Å². The Labute approximate surface area is 88.5 Å². The molecule has 1 aliphatic carbocycles. The number of hydrogen-bond donors (Lipinski definition) is 1. The van der Waals surface area contributed by atoms with Gasteiger partial charge in [0.25, 0.3) is 0 Å². The standard InChI is InChI=1S/C12H15F2N/c1-3-15-12-7(2)4-9-10(12)5-8(13)6-11(9)14/h5-7,12,15H,3-4H2,1-2H3. The van der Waals surface area contributed by atoms with Gasteiger partial charge in [-0.25, -0.2) is 8.78 Å². The summed E-state index contributed by atoms with van der Waals surface area (Å²) in [6.07, 6.45) is 0.694. The van der Waals surface area contributed by atoms with Gasteiger partial charge in [-0.05, 0) is 36.1 Å². The van der Waals surface area contributed by atoms with Crippen LogP contribution < -0.4 is 5.32 Å². The van der Waals surface area contributed by atoms with E-state index < -0.39 is 11.6 Å². The van der Waals surface area contributed by atoms with Gasteiger partial charge in [-0.1, -0.05) is 13.8 Å². The normalized spacial score (nSPS) is 24.3. The van der Waals surface area contributed by atoms with Gasteiger partial charge in [0, 0.05) is 12.1 Å². The van der Waals surface area contributed by atoms with Crippen LogP contribution in [0, 0.1) is 17.6 Å². The summed E-state index contributed by atoms with van der Waals surface area (Å²) in [4.78, 5) is 0. The molecule has 1 aromatic carbocycles. The minimum Gasteiger partial charge on any atom is -0.310 e. The Morgan fingerprint density at radius 1 is 1.40 bits per heavy atom. The van der Waals surface area contributed by atoms with Crippen molar-refractivity contribution < 1.29 is 8.78 Å². The van der Waals surface area contributed by atoms with Crippen molar-refractivity contribution in [1.82, 2.24) is 5.32 Å². The van der Waals surface area contributed by atoms with Crippen molar-refractivity contribution in [2.24, 2.45) is 5.92 Å². The predicted molar refractivity (Wildman–Crippen MR) is 55.6 cm³/mol. The van der Waals surface area contributed by atoms with Crippen molar-refractivity contribution in [3.05, 3.63) is 34.9 Å². The number of benzene rings is 1. The number of fused-ring (bicyclic) bond motifs is 1. The fourth-order valence-electron chi connectivity index (χ4n) is 2.39. The molecule has 2 atom stereocenters. The van der Waals surface area contributed by atoms with Crippen LogP contribution >= 0.6 is 0 Å². The third-order valence-corrected chi connectivity index (χ3v) is 3.05. The quantitative estimate of drug-likeness (QED) is 0.793. The first-order chi connectivity index (χ1) is 7.13. The van der Waals surface area contributed by atoms with E-state index >= 15 is 0 Å². The van der Waals surface area contributed by atoms with E-state index in [1.54, 1.807) is 0 Å². The first kappa shape index (κ1) is 10.6. The van der Waals surface area contributed by atoms with Crippen LogP contribution in [0.1, 0.15) is 31.0 Å². The van der Waals surface area contributed by atoms with Gasteiger partial charge in [0.05, 0.1) is 0 Å². The summed E-state index contributed by atoms with van der Waals surface area (Å²) in [5.74, 6) is -0.559. The van der Waals surface area contributed by atoms with Gasteiger partial charge in [-0.15, -0.1) is 0 Å². The summed E-state index contributed by atoms with van der Waals surface area (Å²) in [6, 6.07) is 2.52. The van der Waals surface area contributed by atoms with Crippen molar-refractivity contribution in [3.8, 4) is 0 Å². The van der Waals surface area contributed by atoms with E-state index in [1.807, 2.05) is 6.92 Å². The van der Waals surface area contributed by atoms with Crippen molar-refractivity contribution in [2.45, 2.75) is 26.3 Å². The highest BCUT2D eigenvalue weighted by Crippen LogP contribution is 2.37. The van der Waals surface area contributed by atoms with Gasteiger partial charge in [-0.3, -0.25) is 0 Å². The zero-order valence-electron chi connectivity index (χ0n) is 8.98. The van der Waals surface area contributed by atoms with Crippen molar-refractivity contribution in [2.75, 3.05) is 6.54 Å². The molecule has 3 heteroatoms. The van der Waals surface area contributed by atoms with Crippen LogP contribution in [0.4, 0.5) is 8.78 Å². The number of nitrogens with one attached hydrogen (secondary N) is 1. The molecule has 0 radical (unpaired) electrons. The summed E-state index contributed by atoms with van der Waals surface area (Å²) in [5, 5.41) is 3.27. The SMILES string of the molecule is CCNC1c2cc(F)cc(F)c2CC1C. The number of hydrogen-bond acceptors (Lipinski definition) is 1. The maximum Gasteiger partial charge on any atom is 0.129 e. The van der Waals surface area contributed by atoms with Crippen LogP contribution in [0.25, 0.3) is 0 Å². The average Bonchev–Trinajstić information content (AvgIpc) is 2.46. The molecule has 15 heavy (non-hydrogen) atoms.